The highest BCUT2D eigenvalue weighted by molar-refractivity contribution is 7.18. The number of alkyl halides is 1. The first-order valence-electron chi connectivity index (χ1n) is 17.0. The van der Waals surface area contributed by atoms with E-state index in [9.17, 15) is 9.59 Å². The lowest BCUT2D eigenvalue weighted by molar-refractivity contribution is -0.211. The second-order valence-corrected chi connectivity index (χ2v) is 15.4. The maximum atomic E-state index is 16.3. The fraction of sp³-hybridized carbons (Fsp3) is 0.676. The summed E-state index contributed by atoms with van der Waals surface area (Å²) in [6.45, 7) is 2.98. The molecule has 6 aliphatic rings. The highest BCUT2D eigenvalue weighted by Crippen LogP contribution is 2.49. The number of hydrogen-bond donors (Lipinski definition) is 2. The van der Waals surface area contributed by atoms with E-state index in [1.54, 1.807) is 11.3 Å². The Morgan fingerprint density at radius 3 is 2.80 bits per heavy atom. The summed E-state index contributed by atoms with van der Waals surface area (Å²) >= 11 is 1.75. The van der Waals surface area contributed by atoms with Crippen LogP contribution in [0.2, 0.25) is 0 Å². The molecule has 9 nitrogen and oxygen atoms in total. The van der Waals surface area contributed by atoms with Crippen molar-refractivity contribution in [3.8, 4) is 0 Å². The Bertz CT molecular complexity index is 1450. The summed E-state index contributed by atoms with van der Waals surface area (Å²) < 4.78 is 24.5. The van der Waals surface area contributed by atoms with Gasteiger partial charge in [-0.3, -0.25) is 14.5 Å². The number of Topliss-reactive ketones (excluding diaryl/α,β-unsaturated/α-hetero) is 1. The zero-order valence-electron chi connectivity index (χ0n) is 26.0. The Hall–Kier alpha value is -2.44. The SMILES string of the molecule is CN1CCCC1CCNC(=O)C1=CN2C3CCC(c4nc5ccccc5s4)CC3OC3C(N4CCC(N)C4)C(F)CC(C1=O)C32. The van der Waals surface area contributed by atoms with Gasteiger partial charge in [0.1, 0.15) is 6.17 Å². The topological polar surface area (TPSA) is 104 Å². The molecule has 4 aliphatic heterocycles. The average Bonchev–Trinajstić information content (AvgIpc) is 3.77. The van der Waals surface area contributed by atoms with Gasteiger partial charge in [-0.1, -0.05) is 12.1 Å². The van der Waals surface area contributed by atoms with Crippen molar-refractivity contribution in [2.75, 3.05) is 33.2 Å². The Balaban J connectivity index is 1.08. The van der Waals surface area contributed by atoms with E-state index < -0.39 is 24.2 Å². The van der Waals surface area contributed by atoms with Crippen LogP contribution in [-0.4, -0.2) is 113 Å². The number of nitrogens with one attached hydrogen (secondary N) is 1. The van der Waals surface area contributed by atoms with Crippen molar-refractivity contribution in [2.45, 2.75) is 106 Å². The molecule has 2 aromatic rings. The highest BCUT2D eigenvalue weighted by Gasteiger charge is 2.60. The summed E-state index contributed by atoms with van der Waals surface area (Å²) in [6.07, 6.45) is 6.71. The maximum absolute atomic E-state index is 16.3. The van der Waals surface area contributed by atoms with E-state index in [2.05, 4.69) is 39.2 Å². The molecular formula is C34H45FN6O3S. The van der Waals surface area contributed by atoms with E-state index in [-0.39, 0.29) is 53.8 Å². The highest BCUT2D eigenvalue weighted by atomic mass is 32.1. The predicted molar refractivity (Wildman–Crippen MR) is 172 cm³/mol. The van der Waals surface area contributed by atoms with Crippen LogP contribution in [0.15, 0.2) is 36.0 Å². The lowest BCUT2D eigenvalue weighted by atomic mass is 9.69. The first kappa shape index (κ1) is 29.9. The standard InChI is InChI=1S/C34H45FN6O3S/c1-39-13-4-5-21(39)10-12-37-33(43)23-18-41-26-9-8-19(34-38-25-6-2-3-7-28(25)45-34)15-27(26)44-32-29(41)22(31(23)42)16-24(35)30(32)40-14-11-20(36)17-40/h2-3,6-7,18-22,24,26-27,29-30,32H,4-5,8-17,36H2,1H3,(H,37,43). The lowest BCUT2D eigenvalue weighted by Crippen LogP contribution is -2.73. The number of morpholine rings is 1. The number of rotatable bonds is 6. The van der Waals surface area contributed by atoms with Crippen LogP contribution in [0.25, 0.3) is 10.2 Å². The van der Waals surface area contributed by atoms with Crippen LogP contribution in [0.5, 0.6) is 0 Å². The average molecular weight is 637 g/mol. The third-order valence-electron chi connectivity index (χ3n) is 11.6. The summed E-state index contributed by atoms with van der Waals surface area (Å²) in [5.41, 5.74) is 7.49. The van der Waals surface area contributed by atoms with E-state index in [1.807, 2.05) is 18.3 Å². The minimum Gasteiger partial charge on any atom is -0.369 e. The van der Waals surface area contributed by atoms with Crippen molar-refractivity contribution in [3.05, 3.63) is 41.0 Å². The van der Waals surface area contributed by atoms with Crippen molar-refractivity contribution in [3.63, 3.8) is 0 Å². The molecule has 11 heteroatoms. The zero-order chi connectivity index (χ0) is 30.8. The molecule has 0 radical (unpaired) electrons. The molecule has 242 valence electrons. The molecule has 8 rings (SSSR count). The minimum absolute atomic E-state index is 0.0210. The molecule has 2 aliphatic carbocycles. The molecule has 0 bridgehead atoms. The van der Waals surface area contributed by atoms with Crippen LogP contribution in [0, 0.1) is 5.92 Å². The van der Waals surface area contributed by atoms with Gasteiger partial charge in [0.15, 0.2) is 5.78 Å². The fourth-order valence-corrected chi connectivity index (χ4v) is 10.5. The number of likely N-dealkylation sites (tertiary alicyclic amines) is 2. The van der Waals surface area contributed by atoms with Crippen LogP contribution < -0.4 is 11.1 Å². The smallest absolute Gasteiger partial charge is 0.256 e. The zero-order valence-corrected chi connectivity index (χ0v) is 26.8. The number of carbonyl (C=O) groups excluding carboxylic acids is 2. The van der Waals surface area contributed by atoms with Gasteiger partial charge in [0.2, 0.25) is 0 Å². The molecule has 45 heavy (non-hydrogen) atoms. The Morgan fingerprint density at radius 1 is 1.16 bits per heavy atom. The van der Waals surface area contributed by atoms with Crippen molar-refractivity contribution in [1.82, 2.24) is 25.0 Å². The van der Waals surface area contributed by atoms with Crippen molar-refractivity contribution < 1.29 is 18.7 Å². The van der Waals surface area contributed by atoms with Gasteiger partial charge in [-0.15, -0.1) is 11.3 Å². The summed E-state index contributed by atoms with van der Waals surface area (Å²) in [7, 11) is 2.13. The normalized spacial score (nSPS) is 38.7. The first-order valence-corrected chi connectivity index (χ1v) is 17.8. The van der Waals surface area contributed by atoms with Gasteiger partial charge in [0.25, 0.3) is 5.91 Å². The lowest BCUT2D eigenvalue weighted by Gasteiger charge is -2.60. The van der Waals surface area contributed by atoms with Gasteiger partial charge in [-0.2, -0.15) is 0 Å². The number of hydrogen-bond acceptors (Lipinski definition) is 9. The molecule has 2 saturated carbocycles. The Labute approximate surface area is 268 Å². The van der Waals surface area contributed by atoms with Crippen LogP contribution >= 0.6 is 11.3 Å². The number of nitrogens with two attached hydrogens (primary N) is 1. The molecule has 5 heterocycles. The first-order chi connectivity index (χ1) is 21.9. The molecule has 10 atom stereocenters. The van der Waals surface area contributed by atoms with Crippen LogP contribution in [0.1, 0.15) is 62.3 Å². The van der Waals surface area contributed by atoms with E-state index >= 15 is 4.39 Å². The van der Waals surface area contributed by atoms with Gasteiger partial charge < -0.3 is 25.6 Å². The third-order valence-corrected chi connectivity index (χ3v) is 12.8. The molecule has 1 amide bonds. The van der Waals surface area contributed by atoms with Crippen molar-refractivity contribution in [2.24, 2.45) is 11.7 Å². The maximum Gasteiger partial charge on any atom is 0.256 e. The number of fused-ring (bicyclic) bond motifs is 3. The van der Waals surface area contributed by atoms with Gasteiger partial charge in [-0.05, 0) is 77.1 Å². The summed E-state index contributed by atoms with van der Waals surface area (Å²) in [5, 5.41) is 4.18. The summed E-state index contributed by atoms with van der Waals surface area (Å²) in [4.78, 5) is 39.3. The number of halogens is 1. The number of aromatic nitrogens is 1. The minimum atomic E-state index is -1.23. The monoisotopic (exact) mass is 636 g/mol. The van der Waals surface area contributed by atoms with Crippen molar-refractivity contribution >= 4 is 33.2 Å². The van der Waals surface area contributed by atoms with E-state index in [4.69, 9.17) is 15.5 Å². The predicted octanol–water partition coefficient (Wildman–Crippen LogP) is 3.20. The summed E-state index contributed by atoms with van der Waals surface area (Å²) in [5.74, 6) is -0.912. The molecule has 1 aromatic heterocycles. The Kier molecular flexibility index (Phi) is 7.96. The largest absolute Gasteiger partial charge is 0.369 e. The quantitative estimate of drug-likeness (QED) is 0.467. The van der Waals surface area contributed by atoms with Crippen LogP contribution in [0.4, 0.5) is 4.39 Å². The van der Waals surface area contributed by atoms with Gasteiger partial charge >= 0.3 is 0 Å². The molecule has 1 aromatic carbocycles. The van der Waals surface area contributed by atoms with E-state index in [1.165, 1.54) is 11.1 Å². The van der Waals surface area contributed by atoms with E-state index in [0.717, 1.165) is 62.1 Å². The second-order valence-electron chi connectivity index (χ2n) is 14.3. The van der Waals surface area contributed by atoms with Gasteiger partial charge in [-0.25, -0.2) is 9.37 Å². The number of para-hydroxylation sites is 1. The molecular weight excluding hydrogens is 591 g/mol. The number of thiazole rings is 1. The van der Waals surface area contributed by atoms with E-state index in [0.29, 0.717) is 19.1 Å². The second kappa shape index (κ2) is 12.0. The molecule has 3 N–H and O–H groups in total. The van der Waals surface area contributed by atoms with Gasteiger partial charge in [0.05, 0.1) is 51.1 Å². The third kappa shape index (κ3) is 5.32. The van der Waals surface area contributed by atoms with Crippen LogP contribution in [0.3, 0.4) is 0 Å². The molecule has 3 saturated heterocycles. The molecule has 10 unspecified atom stereocenters. The fourth-order valence-electron chi connectivity index (χ4n) is 9.35. The number of benzene rings is 1. The molecule has 5 fully saturated rings. The number of ketones is 1. The van der Waals surface area contributed by atoms with Gasteiger partial charge in [0, 0.05) is 49.8 Å². The number of nitrogens with zero attached hydrogens (tertiary/aromatic N) is 4. The summed E-state index contributed by atoms with van der Waals surface area (Å²) in [6, 6.07) is 8.02. The number of carbonyl (C=O) groups is 2. The Morgan fingerprint density at radius 2 is 2.02 bits per heavy atom. The molecule has 0 spiro atoms. The number of amides is 1. The van der Waals surface area contributed by atoms with Crippen molar-refractivity contribution in [1.29, 1.82) is 0 Å². The number of ether oxygens (including phenoxy) is 1. The van der Waals surface area contributed by atoms with Crippen LogP contribution in [-0.2, 0) is 14.3 Å².